The van der Waals surface area contributed by atoms with Gasteiger partial charge in [0.25, 0.3) is 0 Å². The number of benzene rings is 1. The Morgan fingerprint density at radius 1 is 1.35 bits per heavy atom. The van der Waals surface area contributed by atoms with Gasteiger partial charge in [0.05, 0.1) is 23.4 Å². The Labute approximate surface area is 120 Å². The molecule has 3 nitrogen and oxygen atoms in total. The van der Waals surface area contributed by atoms with Gasteiger partial charge < -0.3 is 10.3 Å². The van der Waals surface area contributed by atoms with Crippen molar-refractivity contribution < 1.29 is 4.39 Å². The van der Waals surface area contributed by atoms with Crippen LogP contribution in [0.25, 0.3) is 10.9 Å². The fraction of sp³-hybridized carbons (Fsp3) is 0.267. The predicted octanol–water partition coefficient (Wildman–Crippen LogP) is 4.50. The van der Waals surface area contributed by atoms with Gasteiger partial charge in [0.15, 0.2) is 0 Å². The zero-order valence-corrected chi connectivity index (χ0v) is 12.2. The molecule has 5 heteroatoms. The van der Waals surface area contributed by atoms with Gasteiger partial charge in [-0.05, 0) is 24.1 Å². The summed E-state index contributed by atoms with van der Waals surface area (Å²) < 4.78 is 14.1. The molecule has 0 aliphatic carbocycles. The van der Waals surface area contributed by atoms with Crippen LogP contribution in [0.4, 0.5) is 10.1 Å². The van der Waals surface area contributed by atoms with Gasteiger partial charge in [-0.2, -0.15) is 0 Å². The number of hydrogen-bond donors (Lipinski definition) is 2. The minimum Gasteiger partial charge on any atom is -0.377 e. The molecule has 1 aromatic carbocycles. The van der Waals surface area contributed by atoms with E-state index in [0.29, 0.717) is 18.2 Å². The number of anilines is 1. The Balaban J connectivity index is 1.88. The van der Waals surface area contributed by atoms with E-state index in [1.807, 2.05) is 17.5 Å². The van der Waals surface area contributed by atoms with Crippen LogP contribution >= 0.6 is 11.3 Å². The van der Waals surface area contributed by atoms with Crippen LogP contribution < -0.4 is 5.32 Å². The summed E-state index contributed by atoms with van der Waals surface area (Å²) in [5.41, 5.74) is 5.27. The molecule has 3 aromatic rings. The number of nitrogens with zero attached hydrogens (tertiary/aromatic N) is 1. The second-order valence-electron chi connectivity index (χ2n) is 5.13. The lowest BCUT2D eigenvalue weighted by molar-refractivity contribution is 0.632. The summed E-state index contributed by atoms with van der Waals surface area (Å²) in [6.07, 6.45) is 0. The summed E-state index contributed by atoms with van der Waals surface area (Å²) in [6, 6.07) is 5.40. The standard InChI is InChI=1S/C15H16FN3S/c1-9(2)13-4-10-3-12(16)15(5-14(10)19-13)17-6-11-7-20-8-18-11/h3-5,7-9,17,19H,6H2,1-2H3. The Hall–Kier alpha value is -1.88. The maximum absolute atomic E-state index is 14.1. The first-order valence-electron chi connectivity index (χ1n) is 6.56. The molecule has 0 saturated carbocycles. The van der Waals surface area contributed by atoms with Crippen LogP contribution in [0.2, 0.25) is 0 Å². The number of rotatable bonds is 4. The first kappa shape index (κ1) is 13.1. The fourth-order valence-electron chi connectivity index (χ4n) is 2.13. The largest absolute Gasteiger partial charge is 0.377 e. The Morgan fingerprint density at radius 2 is 2.20 bits per heavy atom. The number of nitrogens with one attached hydrogen (secondary N) is 2. The number of aromatic nitrogens is 2. The van der Waals surface area contributed by atoms with Crippen LogP contribution in [0.1, 0.15) is 31.2 Å². The summed E-state index contributed by atoms with van der Waals surface area (Å²) in [5.74, 6) is 0.166. The van der Waals surface area contributed by atoms with E-state index in [0.717, 1.165) is 22.3 Å². The van der Waals surface area contributed by atoms with Crippen molar-refractivity contribution in [1.29, 1.82) is 0 Å². The molecule has 0 aliphatic rings. The highest BCUT2D eigenvalue weighted by Crippen LogP contribution is 2.26. The average Bonchev–Trinajstić information content (AvgIpc) is 3.04. The Kier molecular flexibility index (Phi) is 3.44. The molecule has 104 valence electrons. The molecular formula is C15H16FN3S. The van der Waals surface area contributed by atoms with E-state index in [1.54, 1.807) is 11.6 Å². The zero-order valence-electron chi connectivity index (χ0n) is 11.4. The molecule has 0 spiro atoms. The number of halogens is 1. The number of fused-ring (bicyclic) bond motifs is 1. The highest BCUT2D eigenvalue weighted by Gasteiger charge is 2.09. The number of aromatic amines is 1. The molecule has 2 N–H and O–H groups in total. The second-order valence-corrected chi connectivity index (χ2v) is 5.85. The molecular weight excluding hydrogens is 273 g/mol. The van der Waals surface area contributed by atoms with Crippen molar-refractivity contribution in [3.05, 3.63) is 46.3 Å². The van der Waals surface area contributed by atoms with Gasteiger partial charge in [-0.3, -0.25) is 0 Å². The fourth-order valence-corrected chi connectivity index (χ4v) is 2.69. The Bertz CT molecular complexity index is 716. The van der Waals surface area contributed by atoms with Crippen LogP contribution in [-0.2, 0) is 6.54 Å². The van der Waals surface area contributed by atoms with Gasteiger partial charge in [-0.25, -0.2) is 9.37 Å². The number of thiazole rings is 1. The molecule has 0 radical (unpaired) electrons. The number of hydrogen-bond acceptors (Lipinski definition) is 3. The van der Waals surface area contributed by atoms with Gasteiger partial charge in [0.1, 0.15) is 5.82 Å². The van der Waals surface area contributed by atoms with Crippen molar-refractivity contribution in [2.45, 2.75) is 26.3 Å². The minimum absolute atomic E-state index is 0.234. The lowest BCUT2D eigenvalue weighted by Crippen LogP contribution is -2.01. The van der Waals surface area contributed by atoms with E-state index in [-0.39, 0.29) is 5.82 Å². The summed E-state index contributed by atoms with van der Waals surface area (Å²) in [6.45, 7) is 4.76. The van der Waals surface area contributed by atoms with E-state index < -0.39 is 0 Å². The van der Waals surface area contributed by atoms with Gasteiger partial charge in [-0.1, -0.05) is 13.8 Å². The summed E-state index contributed by atoms with van der Waals surface area (Å²) in [7, 11) is 0. The zero-order chi connectivity index (χ0) is 14.1. The SMILES string of the molecule is CC(C)c1cc2cc(F)c(NCc3cscn3)cc2[nH]1. The normalized spacial score (nSPS) is 11.4. The smallest absolute Gasteiger partial charge is 0.147 e. The van der Waals surface area contributed by atoms with Crippen molar-refractivity contribution >= 4 is 27.9 Å². The minimum atomic E-state index is -0.234. The van der Waals surface area contributed by atoms with Gasteiger partial charge in [0, 0.05) is 22.0 Å². The summed E-state index contributed by atoms with van der Waals surface area (Å²) in [5, 5.41) is 5.96. The van der Waals surface area contributed by atoms with Crippen molar-refractivity contribution in [1.82, 2.24) is 9.97 Å². The molecule has 0 fully saturated rings. The maximum atomic E-state index is 14.1. The topological polar surface area (TPSA) is 40.7 Å². The maximum Gasteiger partial charge on any atom is 0.147 e. The molecule has 2 heterocycles. The van der Waals surface area contributed by atoms with Gasteiger partial charge in [0.2, 0.25) is 0 Å². The molecule has 0 bridgehead atoms. The van der Waals surface area contributed by atoms with Gasteiger partial charge >= 0.3 is 0 Å². The van der Waals surface area contributed by atoms with Crippen molar-refractivity contribution in [3.63, 3.8) is 0 Å². The summed E-state index contributed by atoms with van der Waals surface area (Å²) in [4.78, 5) is 7.51. The molecule has 0 unspecified atom stereocenters. The van der Waals surface area contributed by atoms with Crippen LogP contribution in [0.3, 0.4) is 0 Å². The average molecular weight is 289 g/mol. The molecule has 0 atom stereocenters. The molecule has 0 saturated heterocycles. The van der Waals surface area contributed by atoms with Crippen molar-refractivity contribution in [2.24, 2.45) is 0 Å². The molecule has 0 aliphatic heterocycles. The Morgan fingerprint density at radius 3 is 2.90 bits per heavy atom. The highest BCUT2D eigenvalue weighted by molar-refractivity contribution is 7.07. The second kappa shape index (κ2) is 5.25. The van der Waals surface area contributed by atoms with Crippen molar-refractivity contribution in [2.75, 3.05) is 5.32 Å². The molecule has 20 heavy (non-hydrogen) atoms. The van der Waals surface area contributed by atoms with E-state index in [9.17, 15) is 4.39 Å². The van der Waals surface area contributed by atoms with E-state index in [1.165, 1.54) is 11.3 Å². The highest BCUT2D eigenvalue weighted by atomic mass is 32.1. The quantitative estimate of drug-likeness (QED) is 0.742. The number of H-pyrrole nitrogens is 1. The first-order valence-corrected chi connectivity index (χ1v) is 7.51. The molecule has 3 rings (SSSR count). The van der Waals surface area contributed by atoms with Crippen LogP contribution in [0.15, 0.2) is 29.1 Å². The predicted molar refractivity (Wildman–Crippen MR) is 81.8 cm³/mol. The van der Waals surface area contributed by atoms with Gasteiger partial charge in [-0.15, -0.1) is 11.3 Å². The monoisotopic (exact) mass is 289 g/mol. The molecule has 0 amide bonds. The van der Waals surface area contributed by atoms with Crippen LogP contribution in [0.5, 0.6) is 0 Å². The van der Waals surface area contributed by atoms with E-state index in [2.05, 4.69) is 29.1 Å². The van der Waals surface area contributed by atoms with Crippen LogP contribution in [-0.4, -0.2) is 9.97 Å². The van der Waals surface area contributed by atoms with Crippen LogP contribution in [0, 0.1) is 5.82 Å². The third-order valence-electron chi connectivity index (χ3n) is 3.29. The lowest BCUT2D eigenvalue weighted by Gasteiger charge is -2.06. The van der Waals surface area contributed by atoms with E-state index >= 15 is 0 Å². The lowest BCUT2D eigenvalue weighted by atomic mass is 10.1. The first-order chi connectivity index (χ1) is 9.63. The third-order valence-corrected chi connectivity index (χ3v) is 3.93. The van der Waals surface area contributed by atoms with Crippen molar-refractivity contribution in [3.8, 4) is 0 Å². The van der Waals surface area contributed by atoms with E-state index in [4.69, 9.17) is 0 Å². The third kappa shape index (κ3) is 2.54. The molecule has 2 aromatic heterocycles. The summed E-state index contributed by atoms with van der Waals surface area (Å²) >= 11 is 1.54.